The zero-order chi connectivity index (χ0) is 30.4. The second-order valence-electron chi connectivity index (χ2n) is 10.8. The highest BCUT2D eigenvalue weighted by Gasteiger charge is 2.38. The first-order valence-corrected chi connectivity index (χ1v) is 14.2. The number of alkyl halides is 3. The number of carbonyl (C=O) groups is 3. The van der Waals surface area contributed by atoms with E-state index in [-0.39, 0.29) is 29.8 Å². The van der Waals surface area contributed by atoms with Crippen LogP contribution in [0.2, 0.25) is 0 Å². The number of carbonyl (C=O) groups excluding carboxylic acids is 2. The number of amides is 1. The van der Waals surface area contributed by atoms with E-state index in [2.05, 4.69) is 10.3 Å². The molecule has 0 saturated heterocycles. The molecule has 1 atom stereocenters. The Balaban J connectivity index is 0.000000745. The molecular weight excluding hydrogens is 546 g/mol. The summed E-state index contributed by atoms with van der Waals surface area (Å²) in [6, 6.07) is 4.09. The second kappa shape index (κ2) is 16.9. The maximum absolute atomic E-state index is 13.7. The van der Waals surface area contributed by atoms with E-state index in [0.717, 1.165) is 31.2 Å². The summed E-state index contributed by atoms with van der Waals surface area (Å²) in [5.41, 5.74) is 6.93. The topological polar surface area (TPSA) is 131 Å². The van der Waals surface area contributed by atoms with Crippen molar-refractivity contribution in [2.24, 2.45) is 22.6 Å². The fourth-order valence-electron chi connectivity index (χ4n) is 5.34. The average molecular weight is 588 g/mol. The first-order chi connectivity index (χ1) is 19.4. The van der Waals surface area contributed by atoms with Crippen LogP contribution >= 0.6 is 0 Å². The van der Waals surface area contributed by atoms with Crippen molar-refractivity contribution in [2.45, 2.75) is 102 Å². The summed E-state index contributed by atoms with van der Waals surface area (Å²) in [6.07, 6.45) is 8.36. The molecule has 1 aromatic carbocycles. The van der Waals surface area contributed by atoms with Crippen molar-refractivity contribution in [2.75, 3.05) is 7.11 Å². The smallest absolute Gasteiger partial charge is 0.490 e. The van der Waals surface area contributed by atoms with Crippen LogP contribution in [-0.2, 0) is 20.8 Å². The molecule has 230 valence electrons. The molecule has 8 nitrogen and oxygen atoms in total. The lowest BCUT2D eigenvalue weighted by Crippen LogP contribution is -2.40. The quantitative estimate of drug-likeness (QED) is 0.183. The molecule has 0 bridgehead atoms. The number of aryl methyl sites for hydroxylation is 1. The molecular formula is C29H41F4N3O5. The molecule has 0 aromatic heterocycles. The molecule has 12 heteroatoms. The first kappa shape index (κ1) is 34.0. The monoisotopic (exact) mass is 587 g/mol. The number of rotatable bonds is 10. The predicted molar refractivity (Wildman–Crippen MR) is 146 cm³/mol. The highest BCUT2D eigenvalue weighted by atomic mass is 19.4. The van der Waals surface area contributed by atoms with Crippen molar-refractivity contribution in [3.8, 4) is 5.75 Å². The van der Waals surface area contributed by atoms with Gasteiger partial charge in [0.05, 0.1) is 7.11 Å². The number of hydrogen-bond donors (Lipinski definition) is 3. The summed E-state index contributed by atoms with van der Waals surface area (Å²) < 4.78 is 50.5. The summed E-state index contributed by atoms with van der Waals surface area (Å²) >= 11 is 0. The third-order valence-electron chi connectivity index (χ3n) is 7.53. The van der Waals surface area contributed by atoms with Gasteiger partial charge >= 0.3 is 12.1 Å². The lowest BCUT2D eigenvalue weighted by Gasteiger charge is -2.24. The molecule has 41 heavy (non-hydrogen) atoms. The minimum absolute atomic E-state index is 0.00153. The number of nitrogens with one attached hydrogen (secondary N) is 1. The molecule has 2 saturated carbocycles. The van der Waals surface area contributed by atoms with Gasteiger partial charge in [-0.05, 0) is 55.2 Å². The Bertz CT molecular complexity index is 1040. The minimum atomic E-state index is -5.08. The van der Waals surface area contributed by atoms with Gasteiger partial charge in [0.25, 0.3) is 0 Å². The molecule has 2 fully saturated rings. The molecule has 1 aromatic rings. The second-order valence-corrected chi connectivity index (χ2v) is 10.8. The molecule has 2 aliphatic carbocycles. The van der Waals surface area contributed by atoms with Crippen LogP contribution in [0.5, 0.6) is 5.75 Å². The molecule has 1 amide bonds. The van der Waals surface area contributed by atoms with Gasteiger partial charge in [-0.25, -0.2) is 14.2 Å². The lowest BCUT2D eigenvalue weighted by atomic mass is 9.83. The van der Waals surface area contributed by atoms with Gasteiger partial charge in [-0.3, -0.25) is 14.9 Å². The highest BCUT2D eigenvalue weighted by Crippen LogP contribution is 2.29. The Labute approximate surface area is 238 Å². The lowest BCUT2D eigenvalue weighted by molar-refractivity contribution is -0.192. The predicted octanol–water partition coefficient (Wildman–Crippen LogP) is 5.71. The summed E-state index contributed by atoms with van der Waals surface area (Å²) in [5.74, 6) is -2.22. The number of Topliss-reactive ketones (excluding diaryl/α,β-unsaturated/α-hetero) is 1. The van der Waals surface area contributed by atoms with Crippen LogP contribution in [0.25, 0.3) is 0 Å². The van der Waals surface area contributed by atoms with Gasteiger partial charge in [0.2, 0.25) is 5.91 Å². The Morgan fingerprint density at radius 1 is 1.05 bits per heavy atom. The molecule has 3 rings (SSSR count). The Kier molecular flexibility index (Phi) is 14.1. The number of carboxylic acids is 1. The number of guanidine groups is 1. The van der Waals surface area contributed by atoms with Crippen LogP contribution in [0.4, 0.5) is 17.6 Å². The summed E-state index contributed by atoms with van der Waals surface area (Å²) in [5, 5.41) is 9.85. The molecule has 2 aliphatic rings. The number of nitrogens with zero attached hydrogens (tertiary/aromatic N) is 1. The van der Waals surface area contributed by atoms with Gasteiger partial charge in [-0.1, -0.05) is 57.4 Å². The van der Waals surface area contributed by atoms with E-state index in [9.17, 15) is 27.2 Å². The number of nitrogens with two attached hydrogens (primary N) is 1. The third-order valence-corrected chi connectivity index (χ3v) is 7.53. The number of halogens is 4. The van der Waals surface area contributed by atoms with E-state index < -0.39 is 24.0 Å². The Morgan fingerprint density at radius 3 is 2.15 bits per heavy atom. The molecule has 0 aliphatic heterocycles. The molecule has 0 heterocycles. The van der Waals surface area contributed by atoms with E-state index in [1.54, 1.807) is 12.1 Å². The average Bonchev–Trinajstić information content (AvgIpc) is 2.93. The zero-order valence-electron chi connectivity index (χ0n) is 23.5. The van der Waals surface area contributed by atoms with Crippen molar-refractivity contribution in [1.82, 2.24) is 5.32 Å². The maximum Gasteiger partial charge on any atom is 0.490 e. The molecule has 0 spiro atoms. The summed E-state index contributed by atoms with van der Waals surface area (Å²) in [4.78, 5) is 39.0. The number of ether oxygens (including phenoxy) is 1. The van der Waals surface area contributed by atoms with Crippen LogP contribution < -0.4 is 15.8 Å². The number of aliphatic carboxylic acids is 1. The minimum Gasteiger partial charge on any atom is -0.494 e. The standard InChI is InChI=1S/C27H40FN3O3.C2HF3O2/c1-34-25-17-21(12-14-22(25)28)13-15-24(32)23(16-19-8-4-2-5-9-19)30-27(29)31-26(33)18-20-10-6-3-7-11-20;3-2(4,5)1(6)7/h12,14,17,19-20,23H,2-11,13,15-16,18H2,1H3,(H3,29,30,31,33);(H,6,7)/t23-;/m1./s1. The van der Waals surface area contributed by atoms with Crippen molar-refractivity contribution in [3.05, 3.63) is 29.6 Å². The Hall–Kier alpha value is -3.18. The van der Waals surface area contributed by atoms with E-state index in [0.29, 0.717) is 31.1 Å². The van der Waals surface area contributed by atoms with Crippen molar-refractivity contribution in [1.29, 1.82) is 0 Å². The van der Waals surface area contributed by atoms with Crippen molar-refractivity contribution < 1.29 is 41.8 Å². The van der Waals surface area contributed by atoms with Gasteiger partial charge in [-0.15, -0.1) is 0 Å². The van der Waals surface area contributed by atoms with Crippen molar-refractivity contribution >= 4 is 23.6 Å². The van der Waals surface area contributed by atoms with Gasteiger partial charge in [0, 0.05) is 12.8 Å². The maximum atomic E-state index is 13.7. The largest absolute Gasteiger partial charge is 0.494 e. The summed E-state index contributed by atoms with van der Waals surface area (Å²) in [6.45, 7) is 0. The zero-order valence-corrected chi connectivity index (χ0v) is 23.5. The summed E-state index contributed by atoms with van der Waals surface area (Å²) in [7, 11) is 1.42. The normalized spacial score (nSPS) is 17.6. The van der Waals surface area contributed by atoms with Gasteiger partial charge in [-0.2, -0.15) is 13.2 Å². The fraction of sp³-hybridized carbons (Fsp3) is 0.655. The van der Waals surface area contributed by atoms with Gasteiger partial charge in [0.1, 0.15) is 6.04 Å². The fourth-order valence-corrected chi connectivity index (χ4v) is 5.34. The van der Waals surface area contributed by atoms with Gasteiger partial charge in [0.15, 0.2) is 23.3 Å². The van der Waals surface area contributed by atoms with E-state index in [4.69, 9.17) is 20.4 Å². The van der Waals surface area contributed by atoms with Gasteiger partial charge < -0.3 is 15.6 Å². The van der Waals surface area contributed by atoms with Crippen LogP contribution in [0, 0.1) is 17.7 Å². The van der Waals surface area contributed by atoms with Crippen LogP contribution in [-0.4, -0.2) is 48.1 Å². The van der Waals surface area contributed by atoms with Crippen LogP contribution in [0.15, 0.2) is 23.2 Å². The SMILES string of the molecule is COc1cc(CCC(=O)[C@@H](CC2CCCCC2)N=C(N)NC(=O)CC2CCCCC2)ccc1F.O=C(O)C(F)(F)F. The molecule has 0 radical (unpaired) electrons. The van der Waals surface area contributed by atoms with Crippen molar-refractivity contribution in [3.63, 3.8) is 0 Å². The molecule has 4 N–H and O–H groups in total. The van der Waals surface area contributed by atoms with Crippen LogP contribution in [0.3, 0.4) is 0 Å². The number of aliphatic imine (C=N–C) groups is 1. The number of carboxylic acid groups (broad SMARTS) is 1. The highest BCUT2D eigenvalue weighted by molar-refractivity contribution is 5.97. The number of benzene rings is 1. The first-order valence-electron chi connectivity index (χ1n) is 14.2. The number of methoxy groups -OCH3 is 1. The number of hydrogen-bond acceptors (Lipinski definition) is 5. The molecule has 0 unspecified atom stereocenters. The Morgan fingerprint density at radius 2 is 1.61 bits per heavy atom. The van der Waals surface area contributed by atoms with Crippen LogP contribution in [0.1, 0.15) is 89.0 Å². The number of ketones is 1. The third kappa shape index (κ3) is 12.9. The van der Waals surface area contributed by atoms with E-state index in [1.165, 1.54) is 51.7 Å². The van der Waals surface area contributed by atoms with E-state index in [1.807, 2.05) is 0 Å². The van der Waals surface area contributed by atoms with E-state index >= 15 is 0 Å².